The molecule has 13 nitrogen and oxygen atoms in total. The Labute approximate surface area is 228 Å². The molecule has 0 unspecified atom stereocenters. The number of nitrogens with zero attached hydrogens (tertiary/aromatic N) is 7. The van der Waals surface area contributed by atoms with Crippen molar-refractivity contribution in [3.05, 3.63) is 64.6 Å². The third-order valence-electron chi connectivity index (χ3n) is 5.96. The fourth-order valence-electron chi connectivity index (χ4n) is 3.88. The van der Waals surface area contributed by atoms with Crippen molar-refractivity contribution in [3.8, 4) is 5.82 Å². The first-order valence-electron chi connectivity index (χ1n) is 12.5. The summed E-state index contributed by atoms with van der Waals surface area (Å²) in [5.74, 6) is 0.684. The third-order valence-corrected chi connectivity index (χ3v) is 5.96. The van der Waals surface area contributed by atoms with E-state index in [2.05, 4.69) is 30.7 Å². The molecular formula is C26H28FN9O4. The number of amides is 2. The Balaban J connectivity index is 1.57. The van der Waals surface area contributed by atoms with E-state index < -0.39 is 35.4 Å². The second-order valence-electron chi connectivity index (χ2n) is 10.3. The highest BCUT2D eigenvalue weighted by molar-refractivity contribution is 6.01. The molecule has 1 aliphatic carbocycles. The Morgan fingerprint density at radius 1 is 1.23 bits per heavy atom. The number of hydrogen-bond acceptors (Lipinski definition) is 9. The van der Waals surface area contributed by atoms with E-state index in [1.807, 2.05) is 0 Å². The van der Waals surface area contributed by atoms with E-state index in [1.165, 1.54) is 33.3 Å². The van der Waals surface area contributed by atoms with Gasteiger partial charge in [0.1, 0.15) is 46.3 Å². The molecule has 2 N–H and O–H groups in total. The van der Waals surface area contributed by atoms with Gasteiger partial charge in [0.05, 0.1) is 12.2 Å². The van der Waals surface area contributed by atoms with Gasteiger partial charge in [-0.3, -0.25) is 19.1 Å². The zero-order valence-corrected chi connectivity index (χ0v) is 22.5. The minimum atomic E-state index is -1.09. The molecule has 0 aromatic carbocycles. The summed E-state index contributed by atoms with van der Waals surface area (Å²) in [6.07, 6.45) is 2.89. The summed E-state index contributed by atoms with van der Waals surface area (Å²) in [5, 5.41) is 9.86. The Morgan fingerprint density at radius 3 is 2.65 bits per heavy atom. The molecule has 1 aliphatic rings. The highest BCUT2D eigenvalue weighted by atomic mass is 19.1. The summed E-state index contributed by atoms with van der Waals surface area (Å²) < 4.78 is 21.6. The number of hydrogen-bond donors (Lipinski definition) is 2. The van der Waals surface area contributed by atoms with E-state index in [0.29, 0.717) is 11.6 Å². The monoisotopic (exact) mass is 549 g/mol. The standard InChI is InChI=1S/C26H28FN9O4/c1-14-28-9-8-20(30-14)35-10-6-7-17(24(35)38)31-19-12-21(34(5)25(39)40-26(2,3)4)36-22(33-19)15(13-29-36)23(37)32-18-11-16(18)27/h6-10,12-13,16,18H,11H2,1-5H3,(H,31,33)(H,32,37)/t16-,18+/m0/s1. The minimum absolute atomic E-state index is 0.0727. The van der Waals surface area contributed by atoms with E-state index >= 15 is 0 Å². The molecule has 0 aliphatic heterocycles. The summed E-state index contributed by atoms with van der Waals surface area (Å²) >= 11 is 0. The Kier molecular flexibility index (Phi) is 6.69. The normalized spacial score (nSPS) is 16.4. The largest absolute Gasteiger partial charge is 0.443 e. The van der Waals surface area contributed by atoms with Gasteiger partial charge in [0.2, 0.25) is 0 Å². The van der Waals surface area contributed by atoms with E-state index in [4.69, 9.17) is 4.74 Å². The average Bonchev–Trinajstić information content (AvgIpc) is 3.40. The summed E-state index contributed by atoms with van der Waals surface area (Å²) in [6, 6.07) is 5.76. The first-order valence-corrected chi connectivity index (χ1v) is 12.5. The van der Waals surface area contributed by atoms with Crippen LogP contribution in [-0.4, -0.2) is 66.0 Å². The fraction of sp³-hybridized carbons (Fsp3) is 0.346. The summed E-state index contributed by atoms with van der Waals surface area (Å²) in [4.78, 5) is 53.3. The number of pyridine rings is 1. The van der Waals surface area contributed by atoms with Crippen LogP contribution in [-0.2, 0) is 4.74 Å². The van der Waals surface area contributed by atoms with Gasteiger partial charge < -0.3 is 15.4 Å². The Hall–Kier alpha value is -4.88. The van der Waals surface area contributed by atoms with Crippen molar-refractivity contribution < 1.29 is 18.7 Å². The zero-order valence-electron chi connectivity index (χ0n) is 22.5. The first-order chi connectivity index (χ1) is 18.9. The molecule has 14 heteroatoms. The van der Waals surface area contributed by atoms with Crippen LogP contribution in [0.4, 0.5) is 26.5 Å². The maximum atomic E-state index is 13.4. The molecular weight excluding hydrogens is 521 g/mol. The SMILES string of the molecule is Cc1nccc(-n2cccc(Nc3cc(N(C)C(=O)OC(C)(C)C)n4ncc(C(=O)N[C@@H]5C[C@@H]5F)c4n3)c2=O)n1. The van der Waals surface area contributed by atoms with Crippen molar-refractivity contribution in [1.29, 1.82) is 0 Å². The lowest BCUT2D eigenvalue weighted by Gasteiger charge is -2.25. The number of ether oxygens (including phenoxy) is 1. The van der Waals surface area contributed by atoms with Crippen molar-refractivity contribution in [2.75, 3.05) is 17.3 Å². The van der Waals surface area contributed by atoms with Crippen LogP contribution in [0, 0.1) is 6.92 Å². The molecule has 4 aromatic heterocycles. The lowest BCUT2D eigenvalue weighted by molar-refractivity contribution is 0.0587. The number of rotatable bonds is 6. The smallest absolute Gasteiger partial charge is 0.415 e. The van der Waals surface area contributed by atoms with Crippen LogP contribution in [0.3, 0.4) is 0 Å². The van der Waals surface area contributed by atoms with Crippen LogP contribution in [0.1, 0.15) is 43.4 Å². The van der Waals surface area contributed by atoms with Crippen molar-refractivity contribution >= 4 is 35.0 Å². The Morgan fingerprint density at radius 2 is 1.98 bits per heavy atom. The number of halogens is 1. The van der Waals surface area contributed by atoms with Gasteiger partial charge in [0.25, 0.3) is 11.5 Å². The summed E-state index contributed by atoms with van der Waals surface area (Å²) in [7, 11) is 1.49. The molecule has 0 spiro atoms. The van der Waals surface area contributed by atoms with E-state index in [9.17, 15) is 18.8 Å². The first kappa shape index (κ1) is 26.7. The van der Waals surface area contributed by atoms with Gasteiger partial charge in [-0.05, 0) is 45.9 Å². The topological polar surface area (TPSA) is 149 Å². The van der Waals surface area contributed by atoms with Gasteiger partial charge >= 0.3 is 6.09 Å². The van der Waals surface area contributed by atoms with E-state index in [0.717, 1.165) is 0 Å². The molecule has 1 fully saturated rings. The van der Waals surface area contributed by atoms with Crippen LogP contribution in [0.5, 0.6) is 0 Å². The molecule has 4 aromatic rings. The molecule has 0 bridgehead atoms. The number of alkyl halides is 1. The van der Waals surface area contributed by atoms with Gasteiger partial charge in [-0.25, -0.2) is 24.1 Å². The van der Waals surface area contributed by atoms with Crippen LogP contribution in [0.2, 0.25) is 0 Å². The van der Waals surface area contributed by atoms with Crippen molar-refractivity contribution in [1.82, 2.24) is 34.4 Å². The molecule has 1 saturated carbocycles. The molecule has 0 saturated heterocycles. The highest BCUT2D eigenvalue weighted by Gasteiger charge is 2.39. The number of nitrogens with one attached hydrogen (secondary N) is 2. The van der Waals surface area contributed by atoms with Gasteiger partial charge in [-0.1, -0.05) is 0 Å². The lowest BCUT2D eigenvalue weighted by atomic mass is 10.2. The van der Waals surface area contributed by atoms with Crippen molar-refractivity contribution in [3.63, 3.8) is 0 Å². The van der Waals surface area contributed by atoms with Crippen molar-refractivity contribution in [2.45, 2.75) is 51.9 Å². The van der Waals surface area contributed by atoms with Gasteiger partial charge in [-0.2, -0.15) is 9.61 Å². The van der Waals surface area contributed by atoms with Crippen LogP contribution >= 0.6 is 0 Å². The molecule has 2 amide bonds. The third kappa shape index (κ3) is 5.46. The molecule has 2 atom stereocenters. The highest BCUT2D eigenvalue weighted by Crippen LogP contribution is 2.27. The molecule has 40 heavy (non-hydrogen) atoms. The van der Waals surface area contributed by atoms with E-state index in [-0.39, 0.29) is 35.0 Å². The van der Waals surface area contributed by atoms with Gasteiger partial charge in [-0.15, -0.1) is 0 Å². The summed E-state index contributed by atoms with van der Waals surface area (Å²) in [5.41, 5.74) is -0.867. The van der Waals surface area contributed by atoms with Gasteiger partial charge in [0, 0.05) is 31.9 Å². The number of aromatic nitrogens is 6. The summed E-state index contributed by atoms with van der Waals surface area (Å²) in [6.45, 7) is 6.92. The quantitative estimate of drug-likeness (QED) is 0.370. The molecule has 5 rings (SSSR count). The lowest BCUT2D eigenvalue weighted by Crippen LogP contribution is -2.35. The maximum Gasteiger partial charge on any atom is 0.415 e. The second kappa shape index (κ2) is 10.0. The number of carbonyl (C=O) groups is 2. The predicted octanol–water partition coefficient (Wildman–Crippen LogP) is 2.93. The maximum absolute atomic E-state index is 13.4. The van der Waals surface area contributed by atoms with Gasteiger partial charge in [0.15, 0.2) is 5.65 Å². The Bertz CT molecular complexity index is 1680. The van der Waals surface area contributed by atoms with E-state index in [1.54, 1.807) is 58.3 Å². The van der Waals surface area contributed by atoms with Crippen molar-refractivity contribution in [2.24, 2.45) is 0 Å². The minimum Gasteiger partial charge on any atom is -0.443 e. The molecule has 0 radical (unpaired) electrons. The van der Waals surface area contributed by atoms with Crippen LogP contribution < -0.4 is 21.1 Å². The fourth-order valence-corrected chi connectivity index (χ4v) is 3.88. The predicted molar refractivity (Wildman–Crippen MR) is 144 cm³/mol. The number of carbonyl (C=O) groups excluding carboxylic acids is 2. The number of aryl methyl sites for hydroxylation is 1. The number of fused-ring (bicyclic) bond motifs is 1. The second-order valence-corrected chi connectivity index (χ2v) is 10.3. The number of anilines is 3. The molecule has 208 valence electrons. The average molecular weight is 550 g/mol. The van der Waals surface area contributed by atoms with Crippen LogP contribution in [0.25, 0.3) is 11.5 Å². The zero-order chi connectivity index (χ0) is 28.8. The van der Waals surface area contributed by atoms with Crippen LogP contribution in [0.15, 0.2) is 47.7 Å². The molecule has 4 heterocycles.